The van der Waals surface area contributed by atoms with Crippen molar-refractivity contribution in [3.63, 3.8) is 0 Å². The number of carbonyl (C=O) groups excluding carboxylic acids is 1. The van der Waals surface area contributed by atoms with Gasteiger partial charge in [0.25, 0.3) is 0 Å². The first-order valence-electron chi connectivity index (χ1n) is 7.20. The molecule has 0 aromatic heterocycles. The Labute approximate surface area is 135 Å². The smallest absolute Gasteiger partial charge is 0.185 e. The molecule has 0 fully saturated rings. The van der Waals surface area contributed by atoms with Crippen LogP contribution in [0.5, 0.6) is 0 Å². The zero-order chi connectivity index (χ0) is 15.9. The van der Waals surface area contributed by atoms with Gasteiger partial charge in [-0.15, -0.1) is 0 Å². The van der Waals surface area contributed by atoms with Crippen molar-refractivity contribution in [3.8, 4) is 6.07 Å². The third-order valence-electron chi connectivity index (χ3n) is 3.36. The van der Waals surface area contributed by atoms with E-state index in [9.17, 15) is 4.79 Å². The highest BCUT2D eigenvalue weighted by Gasteiger charge is 2.19. The second-order valence-corrected chi connectivity index (χ2v) is 5.49. The maximum Gasteiger partial charge on any atom is 0.185 e. The molecule has 0 radical (unpaired) electrons. The summed E-state index contributed by atoms with van der Waals surface area (Å²) in [5, 5.41) is 12.9. The fourth-order valence-electron chi connectivity index (χ4n) is 2.25. The maximum atomic E-state index is 12.7. The second kappa shape index (κ2) is 7.63. The second-order valence-electron chi connectivity index (χ2n) is 5.05. The molecule has 0 amide bonds. The summed E-state index contributed by atoms with van der Waals surface area (Å²) < 4.78 is 0. The van der Waals surface area contributed by atoms with Gasteiger partial charge >= 0.3 is 0 Å². The van der Waals surface area contributed by atoms with E-state index in [0.29, 0.717) is 16.1 Å². The highest BCUT2D eigenvalue weighted by atomic mass is 35.5. The lowest BCUT2D eigenvalue weighted by Crippen LogP contribution is -2.29. The largest absolute Gasteiger partial charge is 0.375 e. The zero-order valence-electron chi connectivity index (χ0n) is 12.3. The lowest BCUT2D eigenvalue weighted by atomic mass is 9.98. The Morgan fingerprint density at radius 1 is 1.27 bits per heavy atom. The average Bonchev–Trinajstić information content (AvgIpc) is 2.56. The molecule has 22 heavy (non-hydrogen) atoms. The van der Waals surface area contributed by atoms with Crippen LogP contribution in [0.15, 0.2) is 48.5 Å². The van der Waals surface area contributed by atoms with Gasteiger partial charge in [-0.2, -0.15) is 5.26 Å². The molecule has 2 aromatic rings. The fourth-order valence-corrected chi connectivity index (χ4v) is 2.37. The number of Topliss-reactive ketones (excluding diaryl/α,β-unsaturated/α-hetero) is 1. The topological polar surface area (TPSA) is 52.9 Å². The van der Waals surface area contributed by atoms with Crippen molar-refractivity contribution < 1.29 is 4.79 Å². The average molecular weight is 313 g/mol. The Morgan fingerprint density at radius 2 is 2.00 bits per heavy atom. The Morgan fingerprint density at radius 3 is 2.64 bits per heavy atom. The number of nitrogens with one attached hydrogen (secondary N) is 1. The number of ketones is 1. The molecule has 4 heteroatoms. The van der Waals surface area contributed by atoms with Crippen LogP contribution in [-0.4, -0.2) is 11.8 Å². The minimum absolute atomic E-state index is 0.00565. The van der Waals surface area contributed by atoms with Gasteiger partial charge in [-0.25, -0.2) is 0 Å². The van der Waals surface area contributed by atoms with Gasteiger partial charge in [0, 0.05) is 16.3 Å². The van der Waals surface area contributed by atoms with Crippen LogP contribution in [0, 0.1) is 11.3 Å². The molecule has 0 aliphatic rings. The maximum absolute atomic E-state index is 12.7. The van der Waals surface area contributed by atoms with Gasteiger partial charge in [0.15, 0.2) is 5.78 Å². The van der Waals surface area contributed by atoms with E-state index >= 15 is 0 Å². The van der Waals surface area contributed by atoms with Crippen molar-refractivity contribution in [2.75, 3.05) is 5.32 Å². The van der Waals surface area contributed by atoms with Crippen LogP contribution in [0.2, 0.25) is 5.02 Å². The summed E-state index contributed by atoms with van der Waals surface area (Å²) in [7, 11) is 0. The minimum Gasteiger partial charge on any atom is -0.375 e. The Hall–Kier alpha value is -2.31. The molecule has 1 N–H and O–H groups in total. The predicted molar refractivity (Wildman–Crippen MR) is 89.3 cm³/mol. The summed E-state index contributed by atoms with van der Waals surface area (Å²) in [6.07, 6.45) is 1.60. The number of hydrogen-bond acceptors (Lipinski definition) is 3. The highest BCUT2D eigenvalue weighted by Crippen LogP contribution is 2.18. The van der Waals surface area contributed by atoms with Crippen LogP contribution >= 0.6 is 11.6 Å². The number of rotatable bonds is 6. The first-order valence-corrected chi connectivity index (χ1v) is 7.58. The van der Waals surface area contributed by atoms with Crippen molar-refractivity contribution in [1.82, 2.24) is 0 Å². The van der Waals surface area contributed by atoms with Crippen LogP contribution in [0.4, 0.5) is 5.69 Å². The molecule has 112 valence electrons. The van der Waals surface area contributed by atoms with Crippen LogP contribution in [0.1, 0.15) is 35.7 Å². The molecule has 0 saturated heterocycles. The van der Waals surface area contributed by atoms with E-state index in [-0.39, 0.29) is 11.8 Å². The van der Waals surface area contributed by atoms with Crippen LogP contribution in [-0.2, 0) is 0 Å². The molecular weight excluding hydrogens is 296 g/mol. The van der Waals surface area contributed by atoms with Gasteiger partial charge < -0.3 is 5.32 Å². The van der Waals surface area contributed by atoms with Crippen molar-refractivity contribution in [1.29, 1.82) is 5.26 Å². The summed E-state index contributed by atoms with van der Waals surface area (Å²) in [4.78, 5) is 12.7. The third kappa shape index (κ3) is 4.09. The summed E-state index contributed by atoms with van der Waals surface area (Å²) >= 11 is 5.88. The molecule has 2 aromatic carbocycles. The minimum atomic E-state index is -0.319. The molecule has 0 saturated carbocycles. The number of nitriles is 1. The number of anilines is 1. The summed E-state index contributed by atoms with van der Waals surface area (Å²) in [6.45, 7) is 2.04. The molecule has 0 bridgehead atoms. The molecule has 2 rings (SSSR count). The van der Waals surface area contributed by atoms with E-state index < -0.39 is 0 Å². The number of nitrogens with zero attached hydrogens (tertiary/aromatic N) is 1. The van der Waals surface area contributed by atoms with Crippen LogP contribution in [0.25, 0.3) is 0 Å². The highest BCUT2D eigenvalue weighted by molar-refractivity contribution is 6.30. The van der Waals surface area contributed by atoms with E-state index in [1.165, 1.54) is 0 Å². The first kappa shape index (κ1) is 16.1. The fraction of sp³-hybridized carbons (Fsp3) is 0.222. The summed E-state index contributed by atoms with van der Waals surface area (Å²) in [5.74, 6) is -0.00565. The van der Waals surface area contributed by atoms with Gasteiger partial charge in [0.1, 0.15) is 0 Å². The molecule has 1 atom stereocenters. The van der Waals surface area contributed by atoms with E-state index in [1.807, 2.05) is 19.1 Å². The Bertz CT molecular complexity index is 689. The molecule has 3 nitrogen and oxygen atoms in total. The van der Waals surface area contributed by atoms with E-state index in [2.05, 4.69) is 11.4 Å². The SMILES string of the molecule is CCCC(Nc1ccc(Cl)cc1)C(=O)c1cccc(C#N)c1. The van der Waals surface area contributed by atoms with Gasteiger partial charge in [-0.1, -0.05) is 37.1 Å². The first-order chi connectivity index (χ1) is 10.6. The lowest BCUT2D eigenvalue weighted by molar-refractivity contribution is 0.0965. The number of benzene rings is 2. The molecule has 0 aliphatic carbocycles. The van der Waals surface area contributed by atoms with E-state index in [0.717, 1.165) is 18.5 Å². The Balaban J connectivity index is 2.21. The normalized spacial score (nSPS) is 11.5. The van der Waals surface area contributed by atoms with Crippen LogP contribution < -0.4 is 5.32 Å². The third-order valence-corrected chi connectivity index (χ3v) is 3.61. The zero-order valence-corrected chi connectivity index (χ0v) is 13.1. The number of carbonyl (C=O) groups is 1. The van der Waals surface area contributed by atoms with Gasteiger partial charge in [0.2, 0.25) is 0 Å². The van der Waals surface area contributed by atoms with Gasteiger partial charge in [-0.05, 0) is 42.8 Å². The standard InChI is InChI=1S/C18H17ClN2O/c1-2-4-17(21-16-9-7-15(19)8-10-16)18(22)14-6-3-5-13(11-14)12-20/h3,5-11,17,21H,2,4H2,1H3. The number of halogens is 1. The molecule has 1 unspecified atom stereocenters. The quantitative estimate of drug-likeness (QED) is 0.788. The molecule has 0 heterocycles. The number of hydrogen-bond donors (Lipinski definition) is 1. The molecule has 0 spiro atoms. The van der Waals surface area contributed by atoms with E-state index in [1.54, 1.807) is 36.4 Å². The predicted octanol–water partition coefficient (Wildman–Crippen LogP) is 4.68. The van der Waals surface area contributed by atoms with Gasteiger partial charge in [0.05, 0.1) is 17.7 Å². The molecular formula is C18H17ClN2O. The van der Waals surface area contributed by atoms with E-state index in [4.69, 9.17) is 16.9 Å². The van der Waals surface area contributed by atoms with Crippen molar-refractivity contribution in [3.05, 3.63) is 64.7 Å². The molecule has 0 aliphatic heterocycles. The Kier molecular flexibility index (Phi) is 5.57. The van der Waals surface area contributed by atoms with Crippen molar-refractivity contribution in [2.45, 2.75) is 25.8 Å². The van der Waals surface area contributed by atoms with Crippen molar-refractivity contribution >= 4 is 23.1 Å². The summed E-state index contributed by atoms with van der Waals surface area (Å²) in [5.41, 5.74) is 1.90. The lowest BCUT2D eigenvalue weighted by Gasteiger charge is -2.18. The van der Waals surface area contributed by atoms with Crippen LogP contribution in [0.3, 0.4) is 0 Å². The summed E-state index contributed by atoms with van der Waals surface area (Å²) in [6, 6.07) is 15.8. The van der Waals surface area contributed by atoms with Gasteiger partial charge in [-0.3, -0.25) is 4.79 Å². The monoisotopic (exact) mass is 312 g/mol. The van der Waals surface area contributed by atoms with Crippen molar-refractivity contribution in [2.24, 2.45) is 0 Å².